The molecule has 2 N–H and O–H groups in total. The van der Waals surface area contributed by atoms with Crippen molar-refractivity contribution in [3.05, 3.63) is 34.3 Å². The summed E-state index contributed by atoms with van der Waals surface area (Å²) in [6.07, 6.45) is 2.35. The van der Waals surface area contributed by atoms with Crippen LogP contribution in [0.4, 0.5) is 0 Å². The molecule has 0 saturated carbocycles. The molecule has 2 aliphatic rings. The first-order chi connectivity index (χ1) is 9.19. The lowest BCUT2D eigenvalue weighted by atomic mass is 10.0. The number of likely N-dealkylation sites (N-methyl/N-ethyl adjacent to an activating group) is 1. The third-order valence-corrected chi connectivity index (χ3v) is 4.79. The number of piperazine rings is 1. The minimum Gasteiger partial charge on any atom is -0.329 e. The second kappa shape index (κ2) is 5.41. The van der Waals surface area contributed by atoms with Crippen LogP contribution in [-0.4, -0.2) is 49.1 Å². The van der Waals surface area contributed by atoms with Crippen molar-refractivity contribution < 1.29 is 0 Å². The van der Waals surface area contributed by atoms with E-state index in [0.717, 1.165) is 37.6 Å². The van der Waals surface area contributed by atoms with Crippen molar-refractivity contribution in [2.24, 2.45) is 5.73 Å². The lowest BCUT2D eigenvalue weighted by Gasteiger charge is -2.43. The highest BCUT2D eigenvalue weighted by Crippen LogP contribution is 2.38. The van der Waals surface area contributed by atoms with Gasteiger partial charge in [0.25, 0.3) is 0 Å². The summed E-state index contributed by atoms with van der Waals surface area (Å²) in [5.74, 6) is 0. The molecule has 2 unspecified atom stereocenters. The quantitative estimate of drug-likeness (QED) is 0.898. The number of hydrogen-bond donors (Lipinski definition) is 1. The minimum absolute atomic E-state index is 0.477. The highest BCUT2D eigenvalue weighted by Gasteiger charge is 2.34. The van der Waals surface area contributed by atoms with Crippen LogP contribution in [0.1, 0.15) is 23.6 Å². The standard InChI is InChI=1S/C15H22ClN3/c1-18-6-7-19(13(9-17)10-18)15-5-2-11-8-12(16)3-4-14(11)15/h3-4,8,13,15H,2,5-7,9-10,17H2,1H3. The van der Waals surface area contributed by atoms with Gasteiger partial charge in [0.05, 0.1) is 0 Å². The van der Waals surface area contributed by atoms with Crippen LogP contribution >= 0.6 is 11.6 Å². The average molecular weight is 280 g/mol. The number of nitrogens with zero attached hydrogens (tertiary/aromatic N) is 2. The van der Waals surface area contributed by atoms with Crippen LogP contribution in [0.3, 0.4) is 0 Å². The fourth-order valence-electron chi connectivity index (χ4n) is 3.55. The largest absolute Gasteiger partial charge is 0.329 e. The van der Waals surface area contributed by atoms with Gasteiger partial charge in [-0.25, -0.2) is 0 Å². The van der Waals surface area contributed by atoms with Crippen molar-refractivity contribution in [3.63, 3.8) is 0 Å². The SMILES string of the molecule is CN1CCN(C2CCc3cc(Cl)ccc32)C(CN)C1. The third kappa shape index (κ3) is 2.52. The first-order valence-corrected chi connectivity index (χ1v) is 7.49. The number of hydrogen-bond acceptors (Lipinski definition) is 3. The topological polar surface area (TPSA) is 32.5 Å². The van der Waals surface area contributed by atoms with E-state index in [9.17, 15) is 0 Å². The summed E-state index contributed by atoms with van der Waals surface area (Å²) >= 11 is 6.09. The van der Waals surface area contributed by atoms with Crippen molar-refractivity contribution in [3.8, 4) is 0 Å². The van der Waals surface area contributed by atoms with Gasteiger partial charge in [-0.1, -0.05) is 17.7 Å². The minimum atomic E-state index is 0.477. The van der Waals surface area contributed by atoms with Crippen molar-refractivity contribution in [1.29, 1.82) is 0 Å². The molecule has 3 rings (SSSR count). The molecule has 4 heteroatoms. The highest BCUT2D eigenvalue weighted by atomic mass is 35.5. The molecule has 1 aromatic carbocycles. The van der Waals surface area contributed by atoms with E-state index in [2.05, 4.69) is 29.0 Å². The lowest BCUT2D eigenvalue weighted by molar-refractivity contribution is 0.0560. The second-order valence-electron chi connectivity index (χ2n) is 5.79. The Balaban J connectivity index is 1.84. The molecule has 1 aliphatic heterocycles. The van der Waals surface area contributed by atoms with E-state index in [1.165, 1.54) is 17.5 Å². The molecule has 3 nitrogen and oxygen atoms in total. The zero-order valence-electron chi connectivity index (χ0n) is 11.5. The summed E-state index contributed by atoms with van der Waals surface area (Å²) < 4.78 is 0. The predicted octanol–water partition coefficient (Wildman–Crippen LogP) is 1.90. The number of rotatable bonds is 2. The zero-order chi connectivity index (χ0) is 13.4. The average Bonchev–Trinajstić information content (AvgIpc) is 2.81. The molecule has 104 valence electrons. The Hall–Kier alpha value is -0.610. The van der Waals surface area contributed by atoms with Crippen LogP contribution in [0.2, 0.25) is 5.02 Å². The van der Waals surface area contributed by atoms with Gasteiger partial charge in [-0.2, -0.15) is 0 Å². The maximum Gasteiger partial charge on any atom is 0.0408 e. The molecular weight excluding hydrogens is 258 g/mol. The zero-order valence-corrected chi connectivity index (χ0v) is 12.2. The van der Waals surface area contributed by atoms with Crippen molar-refractivity contribution in [2.45, 2.75) is 24.9 Å². The van der Waals surface area contributed by atoms with E-state index in [1.807, 2.05) is 6.07 Å². The Morgan fingerprint density at radius 3 is 3.00 bits per heavy atom. The Labute approximate surface area is 120 Å². The molecule has 2 atom stereocenters. The monoisotopic (exact) mass is 279 g/mol. The summed E-state index contributed by atoms with van der Waals surface area (Å²) in [6.45, 7) is 4.07. The van der Waals surface area contributed by atoms with Gasteiger partial charge in [-0.3, -0.25) is 4.90 Å². The van der Waals surface area contributed by atoms with Crippen LogP contribution in [0.5, 0.6) is 0 Å². The van der Waals surface area contributed by atoms with Crippen LogP contribution < -0.4 is 5.73 Å². The van der Waals surface area contributed by atoms with Crippen molar-refractivity contribution in [1.82, 2.24) is 9.80 Å². The summed E-state index contributed by atoms with van der Waals surface area (Å²) in [5, 5.41) is 0.855. The van der Waals surface area contributed by atoms with Gasteiger partial charge in [0.2, 0.25) is 0 Å². The maximum atomic E-state index is 6.09. The molecular formula is C15H22ClN3. The van der Waals surface area contributed by atoms with Crippen LogP contribution in [0.15, 0.2) is 18.2 Å². The molecule has 1 fully saturated rings. The normalized spacial score (nSPS) is 28.6. The van der Waals surface area contributed by atoms with E-state index in [0.29, 0.717) is 12.1 Å². The second-order valence-corrected chi connectivity index (χ2v) is 6.22. The van der Waals surface area contributed by atoms with Gasteiger partial charge >= 0.3 is 0 Å². The number of aryl methyl sites for hydroxylation is 1. The fourth-order valence-corrected chi connectivity index (χ4v) is 3.75. The summed E-state index contributed by atoms with van der Waals surface area (Å²) in [7, 11) is 2.18. The van der Waals surface area contributed by atoms with E-state index >= 15 is 0 Å². The first-order valence-electron chi connectivity index (χ1n) is 7.11. The van der Waals surface area contributed by atoms with Crippen LogP contribution in [0.25, 0.3) is 0 Å². The molecule has 0 aromatic heterocycles. The molecule has 0 spiro atoms. The van der Waals surface area contributed by atoms with Crippen molar-refractivity contribution >= 4 is 11.6 Å². The number of nitrogens with two attached hydrogens (primary N) is 1. The smallest absolute Gasteiger partial charge is 0.0408 e. The van der Waals surface area contributed by atoms with Gasteiger partial charge < -0.3 is 10.6 Å². The lowest BCUT2D eigenvalue weighted by Crippen LogP contribution is -2.55. The van der Waals surface area contributed by atoms with Gasteiger partial charge in [0, 0.05) is 43.3 Å². The predicted molar refractivity (Wildman–Crippen MR) is 79.6 cm³/mol. The molecule has 0 bridgehead atoms. The summed E-state index contributed by atoms with van der Waals surface area (Å²) in [5.41, 5.74) is 8.87. The number of fused-ring (bicyclic) bond motifs is 1. The molecule has 19 heavy (non-hydrogen) atoms. The number of halogens is 1. The molecule has 0 radical (unpaired) electrons. The van der Waals surface area contributed by atoms with Crippen LogP contribution in [0, 0.1) is 0 Å². The Kier molecular flexibility index (Phi) is 3.81. The van der Waals surface area contributed by atoms with Gasteiger partial charge in [-0.05, 0) is 43.1 Å². The fraction of sp³-hybridized carbons (Fsp3) is 0.600. The van der Waals surface area contributed by atoms with Crippen LogP contribution in [-0.2, 0) is 6.42 Å². The molecule has 1 saturated heterocycles. The summed E-state index contributed by atoms with van der Waals surface area (Å²) in [4.78, 5) is 4.99. The highest BCUT2D eigenvalue weighted by molar-refractivity contribution is 6.30. The molecule has 1 aromatic rings. The summed E-state index contributed by atoms with van der Waals surface area (Å²) in [6, 6.07) is 7.37. The maximum absolute atomic E-state index is 6.09. The Bertz CT molecular complexity index is 463. The van der Waals surface area contributed by atoms with E-state index in [1.54, 1.807) is 0 Å². The van der Waals surface area contributed by atoms with Gasteiger partial charge in [-0.15, -0.1) is 0 Å². The molecule has 0 amide bonds. The Morgan fingerprint density at radius 1 is 1.37 bits per heavy atom. The van der Waals surface area contributed by atoms with Gasteiger partial charge in [0.15, 0.2) is 0 Å². The first kappa shape index (κ1) is 13.4. The Morgan fingerprint density at radius 2 is 2.21 bits per heavy atom. The number of benzene rings is 1. The third-order valence-electron chi connectivity index (χ3n) is 4.55. The molecule has 1 heterocycles. The molecule has 1 aliphatic carbocycles. The van der Waals surface area contributed by atoms with E-state index < -0.39 is 0 Å². The van der Waals surface area contributed by atoms with E-state index in [-0.39, 0.29) is 0 Å². The van der Waals surface area contributed by atoms with Gasteiger partial charge in [0.1, 0.15) is 0 Å². The van der Waals surface area contributed by atoms with Crippen molar-refractivity contribution in [2.75, 3.05) is 33.2 Å². The van der Waals surface area contributed by atoms with E-state index in [4.69, 9.17) is 17.3 Å².